The van der Waals surface area contributed by atoms with Crippen molar-refractivity contribution in [2.75, 3.05) is 11.9 Å². The van der Waals surface area contributed by atoms with E-state index in [4.69, 9.17) is 16.3 Å². The van der Waals surface area contributed by atoms with Crippen LogP contribution < -0.4 is 5.32 Å². The van der Waals surface area contributed by atoms with Crippen LogP contribution in [0.15, 0.2) is 53.9 Å². The van der Waals surface area contributed by atoms with Crippen molar-refractivity contribution in [3.8, 4) is 11.1 Å². The Bertz CT molecular complexity index is 1110. The number of anilines is 1. The summed E-state index contributed by atoms with van der Waals surface area (Å²) in [4.78, 5) is 35.7. The summed E-state index contributed by atoms with van der Waals surface area (Å²) in [5.41, 5.74) is 2.03. The molecule has 0 aliphatic heterocycles. The molecule has 0 radical (unpaired) electrons. The molecule has 1 aromatic heterocycles. The Balaban J connectivity index is 1.83. The van der Waals surface area contributed by atoms with Crippen LogP contribution in [-0.2, 0) is 16.0 Å². The van der Waals surface area contributed by atoms with E-state index in [1.165, 1.54) is 23.5 Å². The lowest BCUT2D eigenvalue weighted by Crippen LogP contribution is -2.15. The zero-order chi connectivity index (χ0) is 22.4. The molecule has 0 atom stereocenters. The SMILES string of the molecule is CCOC(=O)c1c(-c2cccc([N+](=O)[O-])c2)csc1NC(=O)CCc1ccc(Cl)cc1. The zero-order valence-corrected chi connectivity index (χ0v) is 18.2. The highest BCUT2D eigenvalue weighted by Gasteiger charge is 2.23. The summed E-state index contributed by atoms with van der Waals surface area (Å²) >= 11 is 7.05. The fraction of sp³-hybridized carbons (Fsp3) is 0.182. The Hall–Kier alpha value is -3.23. The van der Waals surface area contributed by atoms with Crippen LogP contribution in [0, 0.1) is 10.1 Å². The number of carbonyl (C=O) groups is 2. The second-order valence-corrected chi connectivity index (χ2v) is 7.87. The van der Waals surface area contributed by atoms with Gasteiger partial charge in [0.15, 0.2) is 0 Å². The Morgan fingerprint density at radius 2 is 1.94 bits per heavy atom. The largest absolute Gasteiger partial charge is 0.462 e. The first-order valence-electron chi connectivity index (χ1n) is 9.46. The van der Waals surface area contributed by atoms with Crippen LogP contribution in [0.25, 0.3) is 11.1 Å². The number of nitrogens with zero attached hydrogens (tertiary/aromatic N) is 1. The van der Waals surface area contributed by atoms with Crippen molar-refractivity contribution < 1.29 is 19.2 Å². The fourth-order valence-corrected chi connectivity index (χ4v) is 4.05. The number of carbonyl (C=O) groups excluding carboxylic acids is 2. The quantitative estimate of drug-likeness (QED) is 0.264. The van der Waals surface area contributed by atoms with Gasteiger partial charge in [0.25, 0.3) is 5.69 Å². The van der Waals surface area contributed by atoms with Gasteiger partial charge in [0, 0.05) is 34.5 Å². The van der Waals surface area contributed by atoms with E-state index in [0.29, 0.717) is 27.6 Å². The fourth-order valence-electron chi connectivity index (χ4n) is 2.95. The second kappa shape index (κ2) is 10.2. The second-order valence-electron chi connectivity index (χ2n) is 6.56. The van der Waals surface area contributed by atoms with E-state index in [9.17, 15) is 19.7 Å². The Labute approximate surface area is 187 Å². The molecule has 7 nitrogen and oxygen atoms in total. The molecule has 0 fully saturated rings. The van der Waals surface area contributed by atoms with Gasteiger partial charge < -0.3 is 10.1 Å². The molecule has 1 heterocycles. The minimum absolute atomic E-state index is 0.0907. The van der Waals surface area contributed by atoms with Gasteiger partial charge in [-0.15, -0.1) is 11.3 Å². The molecule has 1 amide bonds. The van der Waals surface area contributed by atoms with E-state index >= 15 is 0 Å². The summed E-state index contributed by atoms with van der Waals surface area (Å²) in [6.07, 6.45) is 0.731. The molecule has 0 spiro atoms. The number of nitro benzene ring substituents is 1. The number of rotatable bonds is 8. The third-order valence-corrected chi connectivity index (χ3v) is 5.59. The zero-order valence-electron chi connectivity index (χ0n) is 16.6. The molecule has 9 heteroatoms. The molecule has 0 aliphatic rings. The first kappa shape index (κ1) is 22.5. The number of hydrogen-bond donors (Lipinski definition) is 1. The predicted molar refractivity (Wildman–Crippen MR) is 121 cm³/mol. The van der Waals surface area contributed by atoms with Gasteiger partial charge in [0.2, 0.25) is 5.91 Å². The van der Waals surface area contributed by atoms with Gasteiger partial charge in [-0.25, -0.2) is 4.79 Å². The summed E-state index contributed by atoms with van der Waals surface area (Å²) in [5, 5.41) is 16.5. The Kier molecular flexibility index (Phi) is 7.38. The molecule has 1 N–H and O–H groups in total. The number of nitrogens with one attached hydrogen (secondary N) is 1. The predicted octanol–water partition coefficient (Wildman–Crippen LogP) is 5.72. The average Bonchev–Trinajstić information content (AvgIpc) is 3.17. The molecule has 0 saturated heterocycles. The third-order valence-electron chi connectivity index (χ3n) is 4.45. The first-order chi connectivity index (χ1) is 14.9. The number of thiophene rings is 1. The number of hydrogen-bond acceptors (Lipinski definition) is 6. The van der Waals surface area contributed by atoms with Gasteiger partial charge in [-0.05, 0) is 36.6 Å². The number of esters is 1. The smallest absolute Gasteiger partial charge is 0.341 e. The van der Waals surface area contributed by atoms with E-state index < -0.39 is 10.9 Å². The molecule has 0 saturated carbocycles. The van der Waals surface area contributed by atoms with E-state index in [2.05, 4.69) is 5.32 Å². The lowest BCUT2D eigenvalue weighted by atomic mass is 10.0. The van der Waals surface area contributed by atoms with Gasteiger partial charge in [0.1, 0.15) is 10.6 Å². The molecule has 0 aliphatic carbocycles. The number of benzene rings is 2. The lowest BCUT2D eigenvalue weighted by molar-refractivity contribution is -0.384. The number of aryl methyl sites for hydroxylation is 1. The van der Waals surface area contributed by atoms with Crippen molar-refractivity contribution in [1.29, 1.82) is 0 Å². The topological polar surface area (TPSA) is 98.5 Å². The maximum atomic E-state index is 12.6. The average molecular weight is 459 g/mol. The highest BCUT2D eigenvalue weighted by molar-refractivity contribution is 7.15. The van der Waals surface area contributed by atoms with Crippen LogP contribution in [-0.4, -0.2) is 23.4 Å². The van der Waals surface area contributed by atoms with Gasteiger partial charge in [-0.1, -0.05) is 35.9 Å². The van der Waals surface area contributed by atoms with Crippen LogP contribution in [0.5, 0.6) is 0 Å². The monoisotopic (exact) mass is 458 g/mol. The highest BCUT2D eigenvalue weighted by Crippen LogP contribution is 2.37. The van der Waals surface area contributed by atoms with Crippen molar-refractivity contribution >= 4 is 45.5 Å². The summed E-state index contributed by atoms with van der Waals surface area (Å²) in [7, 11) is 0. The Morgan fingerprint density at radius 3 is 2.61 bits per heavy atom. The molecule has 0 bridgehead atoms. The molecule has 160 valence electrons. The summed E-state index contributed by atoms with van der Waals surface area (Å²) in [6.45, 7) is 1.84. The summed E-state index contributed by atoms with van der Waals surface area (Å²) in [5.74, 6) is -0.855. The first-order valence-corrected chi connectivity index (χ1v) is 10.7. The molecule has 0 unspecified atom stereocenters. The van der Waals surface area contributed by atoms with Gasteiger partial charge in [-0.3, -0.25) is 14.9 Å². The van der Waals surface area contributed by atoms with Gasteiger partial charge >= 0.3 is 5.97 Å². The lowest BCUT2D eigenvalue weighted by Gasteiger charge is -2.09. The van der Waals surface area contributed by atoms with Crippen LogP contribution in [0.1, 0.15) is 29.3 Å². The van der Waals surface area contributed by atoms with E-state index in [0.717, 1.165) is 5.56 Å². The van der Waals surface area contributed by atoms with Crippen LogP contribution in [0.2, 0.25) is 5.02 Å². The minimum atomic E-state index is -0.599. The molecule has 3 rings (SSSR count). The minimum Gasteiger partial charge on any atom is -0.462 e. The van der Waals surface area contributed by atoms with E-state index in [1.807, 2.05) is 12.1 Å². The van der Waals surface area contributed by atoms with Gasteiger partial charge in [0.05, 0.1) is 11.5 Å². The maximum Gasteiger partial charge on any atom is 0.341 e. The maximum absolute atomic E-state index is 12.6. The van der Waals surface area contributed by atoms with Crippen molar-refractivity contribution in [2.45, 2.75) is 19.8 Å². The van der Waals surface area contributed by atoms with Crippen molar-refractivity contribution in [2.24, 2.45) is 0 Å². The normalized spacial score (nSPS) is 10.5. The van der Waals surface area contributed by atoms with E-state index in [1.54, 1.807) is 36.6 Å². The van der Waals surface area contributed by atoms with Crippen molar-refractivity contribution in [3.05, 3.63) is 80.2 Å². The van der Waals surface area contributed by atoms with Crippen LogP contribution in [0.4, 0.5) is 10.7 Å². The number of ether oxygens (including phenoxy) is 1. The van der Waals surface area contributed by atoms with Gasteiger partial charge in [-0.2, -0.15) is 0 Å². The van der Waals surface area contributed by atoms with Crippen LogP contribution in [0.3, 0.4) is 0 Å². The number of non-ortho nitro benzene ring substituents is 1. The van der Waals surface area contributed by atoms with Crippen molar-refractivity contribution in [3.63, 3.8) is 0 Å². The number of amides is 1. The van der Waals surface area contributed by atoms with Crippen LogP contribution >= 0.6 is 22.9 Å². The highest BCUT2D eigenvalue weighted by atomic mass is 35.5. The summed E-state index contributed by atoms with van der Waals surface area (Å²) < 4.78 is 5.16. The third kappa shape index (κ3) is 5.68. The molecule has 3 aromatic rings. The number of nitro groups is 1. The van der Waals surface area contributed by atoms with Crippen molar-refractivity contribution in [1.82, 2.24) is 0 Å². The Morgan fingerprint density at radius 1 is 1.19 bits per heavy atom. The molecule has 2 aromatic carbocycles. The summed E-state index contributed by atoms with van der Waals surface area (Å²) in [6, 6.07) is 13.2. The van der Waals surface area contributed by atoms with E-state index in [-0.39, 0.29) is 30.2 Å². The standard InChI is InChI=1S/C22H19ClN2O5S/c1-2-30-22(27)20-18(15-4-3-5-17(12-15)25(28)29)13-31-21(20)24-19(26)11-8-14-6-9-16(23)10-7-14/h3-7,9-10,12-13H,2,8,11H2,1H3,(H,24,26). The molecular formula is C22H19ClN2O5S. The molecular weight excluding hydrogens is 440 g/mol. The molecule has 31 heavy (non-hydrogen) atoms. The number of halogens is 1.